The molecule has 1 aliphatic rings. The van der Waals surface area contributed by atoms with E-state index in [-0.39, 0.29) is 16.7 Å². The van der Waals surface area contributed by atoms with Crippen molar-refractivity contribution < 1.29 is 48.6 Å². The summed E-state index contributed by atoms with van der Waals surface area (Å²) in [6, 6.07) is 24.0. The molecule has 1 saturated heterocycles. The number of carbonyl (C=O) groups is 3. The molecule has 0 unspecified atom stereocenters. The molecular formula is C27H24O10. The maximum absolute atomic E-state index is 12.8. The monoisotopic (exact) mass is 508 g/mol. The first-order valence-electron chi connectivity index (χ1n) is 11.4. The van der Waals surface area contributed by atoms with Gasteiger partial charge in [0.2, 0.25) is 0 Å². The van der Waals surface area contributed by atoms with Crippen molar-refractivity contribution in [3.8, 4) is 0 Å². The zero-order valence-corrected chi connectivity index (χ0v) is 19.4. The van der Waals surface area contributed by atoms with Crippen molar-refractivity contribution >= 4 is 17.9 Å². The molecule has 37 heavy (non-hydrogen) atoms. The highest BCUT2D eigenvalue weighted by Crippen LogP contribution is 2.29. The van der Waals surface area contributed by atoms with Gasteiger partial charge in [0.15, 0.2) is 24.6 Å². The first kappa shape index (κ1) is 26.0. The average molecular weight is 508 g/mol. The van der Waals surface area contributed by atoms with Crippen LogP contribution < -0.4 is 0 Å². The summed E-state index contributed by atoms with van der Waals surface area (Å²) in [5.41, 5.74) is 0.602. The predicted octanol–water partition coefficient (Wildman–Crippen LogP) is 2.87. The summed E-state index contributed by atoms with van der Waals surface area (Å²) in [5, 5.41) is 20.4. The molecule has 10 nitrogen and oxygen atoms in total. The van der Waals surface area contributed by atoms with Gasteiger partial charge in [-0.1, -0.05) is 54.6 Å². The SMILES string of the molecule is O=C(OC[C@H]1O[C@H](O)[C@H](OC(=O)c2ccccc2)[C@@H](OC(=O)c2ccccc2)[C@@H]1OO)c1ccccc1. The molecule has 0 radical (unpaired) electrons. The minimum absolute atomic E-state index is 0.167. The molecule has 1 heterocycles. The number of rotatable bonds is 8. The topological polar surface area (TPSA) is 138 Å². The summed E-state index contributed by atoms with van der Waals surface area (Å²) in [6.45, 7) is -0.477. The van der Waals surface area contributed by atoms with Gasteiger partial charge in [0.05, 0.1) is 16.7 Å². The smallest absolute Gasteiger partial charge is 0.338 e. The predicted molar refractivity (Wildman–Crippen MR) is 126 cm³/mol. The molecule has 3 aromatic carbocycles. The molecule has 0 aromatic heterocycles. The summed E-state index contributed by atoms with van der Waals surface area (Å²) < 4.78 is 21.7. The van der Waals surface area contributed by atoms with Crippen LogP contribution in [0.15, 0.2) is 91.0 Å². The summed E-state index contributed by atoms with van der Waals surface area (Å²) >= 11 is 0. The number of benzene rings is 3. The molecule has 0 saturated carbocycles. The van der Waals surface area contributed by atoms with Crippen molar-refractivity contribution in [3.05, 3.63) is 108 Å². The van der Waals surface area contributed by atoms with Gasteiger partial charge in [-0.05, 0) is 36.4 Å². The molecular weight excluding hydrogens is 484 g/mol. The molecule has 192 valence electrons. The fraction of sp³-hybridized carbons (Fsp3) is 0.222. The van der Waals surface area contributed by atoms with E-state index in [1.165, 1.54) is 24.3 Å². The van der Waals surface area contributed by atoms with Gasteiger partial charge >= 0.3 is 17.9 Å². The van der Waals surface area contributed by atoms with Gasteiger partial charge in [-0.3, -0.25) is 5.26 Å². The summed E-state index contributed by atoms with van der Waals surface area (Å²) in [4.78, 5) is 42.5. The maximum atomic E-state index is 12.8. The highest BCUT2D eigenvalue weighted by molar-refractivity contribution is 5.90. The molecule has 5 atom stereocenters. The average Bonchev–Trinajstić information content (AvgIpc) is 2.94. The first-order valence-corrected chi connectivity index (χ1v) is 11.4. The first-order chi connectivity index (χ1) is 18.0. The van der Waals surface area contributed by atoms with Gasteiger partial charge in [-0.2, -0.15) is 0 Å². The quantitative estimate of drug-likeness (QED) is 0.202. The Morgan fingerprint density at radius 1 is 0.649 bits per heavy atom. The Morgan fingerprint density at radius 3 is 1.54 bits per heavy atom. The lowest BCUT2D eigenvalue weighted by molar-refractivity contribution is -0.369. The van der Waals surface area contributed by atoms with Crippen LogP contribution in [0, 0.1) is 0 Å². The van der Waals surface area contributed by atoms with Gasteiger partial charge < -0.3 is 24.1 Å². The molecule has 1 aliphatic heterocycles. The van der Waals surface area contributed by atoms with E-state index in [9.17, 15) is 24.7 Å². The standard InChI is InChI=1S/C27H24O10/c28-24(17-10-4-1-5-11-17)33-16-20-21(37-32)22(35-25(29)18-12-6-2-7-13-18)23(27(31)34-20)36-26(30)19-14-8-3-9-15-19/h1-15,20-23,27,31-32H,16H2/t20-,21-,22+,23-,27+/m1/s1. The van der Waals surface area contributed by atoms with Crippen molar-refractivity contribution in [2.45, 2.75) is 30.7 Å². The second-order valence-corrected chi connectivity index (χ2v) is 8.07. The number of aliphatic hydroxyl groups is 1. The largest absolute Gasteiger partial charge is 0.459 e. The molecule has 0 bridgehead atoms. The van der Waals surface area contributed by atoms with E-state index in [1.54, 1.807) is 66.7 Å². The number of ether oxygens (including phenoxy) is 4. The molecule has 0 amide bonds. The Balaban J connectivity index is 1.55. The fourth-order valence-electron chi connectivity index (χ4n) is 3.76. The van der Waals surface area contributed by atoms with Crippen LogP contribution in [-0.4, -0.2) is 65.6 Å². The second-order valence-electron chi connectivity index (χ2n) is 8.07. The lowest BCUT2D eigenvalue weighted by atomic mass is 9.98. The Bertz CT molecular complexity index is 1190. The third-order valence-electron chi connectivity index (χ3n) is 5.62. The lowest BCUT2D eigenvalue weighted by Gasteiger charge is -2.41. The van der Waals surface area contributed by atoms with E-state index in [1.807, 2.05) is 0 Å². The molecule has 3 aromatic rings. The Labute approximate surface area is 211 Å². The number of aliphatic hydroxyl groups excluding tert-OH is 1. The molecule has 4 rings (SSSR count). The van der Waals surface area contributed by atoms with Crippen LogP contribution in [0.4, 0.5) is 0 Å². The summed E-state index contributed by atoms with van der Waals surface area (Å²) in [5.74, 6) is -2.35. The minimum atomic E-state index is -1.81. The van der Waals surface area contributed by atoms with E-state index < -0.39 is 55.2 Å². The fourth-order valence-corrected chi connectivity index (χ4v) is 3.76. The van der Waals surface area contributed by atoms with Crippen LogP contribution in [-0.2, 0) is 23.8 Å². The van der Waals surface area contributed by atoms with Crippen molar-refractivity contribution in [2.75, 3.05) is 6.61 Å². The van der Waals surface area contributed by atoms with Crippen molar-refractivity contribution in [2.24, 2.45) is 0 Å². The lowest BCUT2D eigenvalue weighted by Crippen LogP contribution is -2.62. The van der Waals surface area contributed by atoms with E-state index in [0.29, 0.717) is 0 Å². The molecule has 10 heteroatoms. The minimum Gasteiger partial charge on any atom is -0.459 e. The highest BCUT2D eigenvalue weighted by Gasteiger charge is 2.51. The zero-order chi connectivity index (χ0) is 26.2. The van der Waals surface area contributed by atoms with Crippen LogP contribution in [0.5, 0.6) is 0 Å². The van der Waals surface area contributed by atoms with Gasteiger partial charge in [0, 0.05) is 0 Å². The maximum Gasteiger partial charge on any atom is 0.338 e. The molecule has 0 aliphatic carbocycles. The van der Waals surface area contributed by atoms with Gasteiger partial charge in [-0.15, -0.1) is 0 Å². The number of carbonyl (C=O) groups excluding carboxylic acids is 3. The second kappa shape index (κ2) is 12.2. The van der Waals surface area contributed by atoms with Crippen LogP contribution in [0.1, 0.15) is 31.1 Å². The number of esters is 3. The Morgan fingerprint density at radius 2 is 1.08 bits per heavy atom. The van der Waals surface area contributed by atoms with Crippen molar-refractivity contribution in [1.82, 2.24) is 0 Å². The van der Waals surface area contributed by atoms with Crippen LogP contribution in [0.25, 0.3) is 0 Å². The van der Waals surface area contributed by atoms with Crippen LogP contribution in [0.2, 0.25) is 0 Å². The van der Waals surface area contributed by atoms with Gasteiger partial charge in [0.1, 0.15) is 12.7 Å². The Kier molecular flexibility index (Phi) is 8.60. The van der Waals surface area contributed by atoms with E-state index >= 15 is 0 Å². The zero-order valence-electron chi connectivity index (χ0n) is 19.4. The third kappa shape index (κ3) is 6.38. The number of hydrogen-bond donors (Lipinski definition) is 2. The van der Waals surface area contributed by atoms with Gasteiger partial charge in [0.25, 0.3) is 0 Å². The van der Waals surface area contributed by atoms with E-state index in [0.717, 1.165) is 0 Å². The van der Waals surface area contributed by atoms with Crippen molar-refractivity contribution in [1.29, 1.82) is 0 Å². The van der Waals surface area contributed by atoms with Crippen LogP contribution in [0.3, 0.4) is 0 Å². The van der Waals surface area contributed by atoms with Crippen molar-refractivity contribution in [3.63, 3.8) is 0 Å². The normalized spacial score (nSPS) is 23.0. The Hall–Kier alpha value is -4.09. The summed E-state index contributed by atoms with van der Waals surface area (Å²) in [7, 11) is 0. The molecule has 1 fully saturated rings. The number of hydrogen-bond acceptors (Lipinski definition) is 10. The summed E-state index contributed by atoms with van der Waals surface area (Å²) in [6.07, 6.45) is -7.71. The molecule has 0 spiro atoms. The van der Waals surface area contributed by atoms with E-state index in [4.69, 9.17) is 18.9 Å². The third-order valence-corrected chi connectivity index (χ3v) is 5.62. The van der Waals surface area contributed by atoms with E-state index in [2.05, 4.69) is 4.89 Å². The highest BCUT2D eigenvalue weighted by atomic mass is 17.1. The molecule has 2 N–H and O–H groups in total. The van der Waals surface area contributed by atoms with Crippen LogP contribution >= 0.6 is 0 Å². The van der Waals surface area contributed by atoms with Gasteiger partial charge in [-0.25, -0.2) is 19.3 Å².